The van der Waals surface area contributed by atoms with E-state index in [1.807, 2.05) is 18.2 Å². The maximum absolute atomic E-state index is 14.3. The van der Waals surface area contributed by atoms with Crippen molar-refractivity contribution >= 4 is 27.5 Å². The van der Waals surface area contributed by atoms with E-state index in [-0.39, 0.29) is 0 Å². The molecule has 1 aliphatic rings. The van der Waals surface area contributed by atoms with E-state index in [1.165, 1.54) is 50.5 Å². The van der Waals surface area contributed by atoms with Gasteiger partial charge >= 0.3 is 5.97 Å². The van der Waals surface area contributed by atoms with Crippen molar-refractivity contribution in [3.63, 3.8) is 0 Å². The van der Waals surface area contributed by atoms with Gasteiger partial charge in [-0.15, -0.1) is 11.3 Å². The molecule has 1 heterocycles. The molecule has 3 aromatic carbocycles. The molecule has 1 N–H and O–H groups in total. The first-order chi connectivity index (χ1) is 15.5. The highest BCUT2D eigenvalue weighted by atomic mass is 32.1. The third kappa shape index (κ3) is 3.75. The number of fused-ring (bicyclic) bond motifs is 1. The number of aromatic carboxylic acids is 1. The predicted molar refractivity (Wildman–Crippen MR) is 125 cm³/mol. The van der Waals surface area contributed by atoms with Gasteiger partial charge in [0.1, 0.15) is 16.6 Å². The molecule has 4 aromatic rings. The summed E-state index contributed by atoms with van der Waals surface area (Å²) in [6.07, 6.45) is 5.20. The van der Waals surface area contributed by atoms with Crippen LogP contribution in [0.1, 0.15) is 47.5 Å². The van der Waals surface area contributed by atoms with E-state index < -0.39 is 17.3 Å². The first-order valence-corrected chi connectivity index (χ1v) is 11.5. The number of methoxy groups -OCH3 is 1. The highest BCUT2D eigenvalue weighted by Gasteiger charge is 2.19. The topological polar surface area (TPSA) is 59.4 Å². The Labute approximate surface area is 189 Å². The highest BCUT2D eigenvalue weighted by Crippen LogP contribution is 2.38. The molecule has 0 spiro atoms. The first-order valence-electron chi connectivity index (χ1n) is 10.7. The fourth-order valence-electron chi connectivity index (χ4n) is 4.49. The number of nitrogens with zero attached hydrogens (tertiary/aromatic N) is 1. The van der Waals surface area contributed by atoms with E-state index >= 15 is 0 Å². The summed E-state index contributed by atoms with van der Waals surface area (Å²) < 4.78 is 20.7. The monoisotopic (exact) mass is 447 g/mol. The van der Waals surface area contributed by atoms with Gasteiger partial charge in [-0.2, -0.15) is 0 Å². The molecular formula is C26H22FNO3S. The van der Waals surface area contributed by atoms with E-state index in [0.717, 1.165) is 26.4 Å². The molecule has 0 radical (unpaired) electrons. The Balaban J connectivity index is 1.49. The van der Waals surface area contributed by atoms with Crippen molar-refractivity contribution in [3.8, 4) is 27.4 Å². The Kier molecular flexibility index (Phi) is 5.39. The van der Waals surface area contributed by atoms with Gasteiger partial charge in [-0.25, -0.2) is 14.2 Å². The van der Waals surface area contributed by atoms with Gasteiger partial charge in [0.15, 0.2) is 0 Å². The highest BCUT2D eigenvalue weighted by molar-refractivity contribution is 7.21. The molecule has 0 aliphatic heterocycles. The average Bonchev–Trinajstić information content (AvgIpc) is 3.48. The lowest BCUT2D eigenvalue weighted by Gasteiger charge is -2.10. The van der Waals surface area contributed by atoms with Crippen molar-refractivity contribution in [2.45, 2.75) is 31.6 Å². The molecule has 1 saturated carbocycles. The quantitative estimate of drug-likeness (QED) is 0.353. The molecule has 0 bridgehead atoms. The summed E-state index contributed by atoms with van der Waals surface area (Å²) in [5.41, 5.74) is 4.11. The SMILES string of the molecule is COc1cc(C(=O)O)c(F)cc1-c1ccc2sc(-c3ccc(C4CCCC4)cc3)nc2c1. The molecule has 1 fully saturated rings. The average molecular weight is 448 g/mol. The van der Waals surface area contributed by atoms with Crippen LogP contribution in [-0.2, 0) is 0 Å². The van der Waals surface area contributed by atoms with E-state index in [2.05, 4.69) is 24.3 Å². The zero-order valence-electron chi connectivity index (χ0n) is 17.6. The van der Waals surface area contributed by atoms with Gasteiger partial charge in [-0.05, 0) is 54.2 Å². The Bertz CT molecular complexity index is 1310. The molecule has 0 saturated heterocycles. The van der Waals surface area contributed by atoms with E-state index in [4.69, 9.17) is 9.72 Å². The van der Waals surface area contributed by atoms with Crippen LogP contribution in [0.5, 0.6) is 5.75 Å². The lowest BCUT2D eigenvalue weighted by atomic mass is 9.97. The number of carboxylic acids is 1. The molecule has 162 valence electrons. The molecule has 1 aliphatic carbocycles. The molecule has 0 amide bonds. The number of ether oxygens (including phenoxy) is 1. The van der Waals surface area contributed by atoms with Crippen molar-refractivity contribution in [1.82, 2.24) is 4.98 Å². The van der Waals surface area contributed by atoms with E-state index in [0.29, 0.717) is 17.2 Å². The number of hydrogen-bond donors (Lipinski definition) is 1. The molecule has 5 rings (SSSR count). The fourth-order valence-corrected chi connectivity index (χ4v) is 5.44. The maximum atomic E-state index is 14.3. The zero-order chi connectivity index (χ0) is 22.2. The van der Waals surface area contributed by atoms with Crippen LogP contribution in [0.3, 0.4) is 0 Å². The van der Waals surface area contributed by atoms with Gasteiger partial charge in [-0.3, -0.25) is 0 Å². The first kappa shape index (κ1) is 20.6. The number of rotatable bonds is 5. The number of carbonyl (C=O) groups is 1. The summed E-state index contributed by atoms with van der Waals surface area (Å²) in [7, 11) is 1.44. The van der Waals surface area contributed by atoms with Crippen LogP contribution in [0, 0.1) is 5.82 Å². The number of aromatic nitrogens is 1. The molecule has 1 aromatic heterocycles. The van der Waals surface area contributed by atoms with Crippen LogP contribution in [-0.4, -0.2) is 23.2 Å². The third-order valence-corrected chi connectivity index (χ3v) is 7.29. The van der Waals surface area contributed by atoms with Gasteiger partial charge in [0, 0.05) is 11.1 Å². The van der Waals surface area contributed by atoms with Crippen LogP contribution < -0.4 is 4.74 Å². The number of carboxylic acid groups (broad SMARTS) is 1. The minimum atomic E-state index is -1.33. The van der Waals surface area contributed by atoms with Crippen LogP contribution in [0.15, 0.2) is 54.6 Å². The standard InChI is InChI=1S/C26H22FNO3S/c1-31-23-14-20(26(29)30)21(27)13-19(23)18-10-11-24-22(12-18)28-25(32-24)17-8-6-16(7-9-17)15-4-2-3-5-15/h6-15H,2-5H2,1H3,(H,29,30). The smallest absolute Gasteiger partial charge is 0.338 e. The van der Waals surface area contributed by atoms with E-state index in [9.17, 15) is 14.3 Å². The van der Waals surface area contributed by atoms with Gasteiger partial charge in [0.05, 0.1) is 22.9 Å². The van der Waals surface area contributed by atoms with Crippen molar-refractivity contribution in [3.05, 3.63) is 71.5 Å². The number of thiazole rings is 1. The summed E-state index contributed by atoms with van der Waals surface area (Å²) in [6.45, 7) is 0. The second kappa shape index (κ2) is 8.36. The zero-order valence-corrected chi connectivity index (χ0v) is 18.4. The summed E-state index contributed by atoms with van der Waals surface area (Å²) in [6, 6.07) is 16.9. The molecule has 4 nitrogen and oxygen atoms in total. The van der Waals surface area contributed by atoms with Crippen molar-refractivity contribution < 1.29 is 19.0 Å². The van der Waals surface area contributed by atoms with E-state index in [1.54, 1.807) is 11.3 Å². The Hall–Kier alpha value is -3.25. The largest absolute Gasteiger partial charge is 0.496 e. The summed E-state index contributed by atoms with van der Waals surface area (Å²) in [5.74, 6) is -1.13. The summed E-state index contributed by atoms with van der Waals surface area (Å²) >= 11 is 1.62. The normalized spacial score (nSPS) is 14.2. The molecule has 0 atom stereocenters. The maximum Gasteiger partial charge on any atom is 0.338 e. The van der Waals surface area contributed by atoms with Crippen LogP contribution in [0.2, 0.25) is 0 Å². The van der Waals surface area contributed by atoms with Crippen molar-refractivity contribution in [2.75, 3.05) is 7.11 Å². The number of hydrogen-bond acceptors (Lipinski definition) is 4. The minimum Gasteiger partial charge on any atom is -0.496 e. The Morgan fingerprint density at radius 1 is 1.06 bits per heavy atom. The van der Waals surface area contributed by atoms with Gasteiger partial charge in [-0.1, -0.05) is 43.2 Å². The number of benzene rings is 3. The minimum absolute atomic E-state index is 0.307. The number of halogens is 1. The lowest BCUT2D eigenvalue weighted by molar-refractivity contribution is 0.0691. The molecular weight excluding hydrogens is 425 g/mol. The van der Waals surface area contributed by atoms with Crippen LogP contribution in [0.4, 0.5) is 4.39 Å². The Morgan fingerprint density at radius 3 is 2.47 bits per heavy atom. The third-order valence-electron chi connectivity index (χ3n) is 6.20. The summed E-state index contributed by atoms with van der Waals surface area (Å²) in [5, 5.41) is 10.1. The van der Waals surface area contributed by atoms with Gasteiger partial charge < -0.3 is 9.84 Å². The summed E-state index contributed by atoms with van der Waals surface area (Å²) in [4.78, 5) is 16.1. The van der Waals surface area contributed by atoms with Crippen LogP contribution in [0.25, 0.3) is 31.9 Å². The lowest BCUT2D eigenvalue weighted by Crippen LogP contribution is -2.02. The fraction of sp³-hybridized carbons (Fsp3) is 0.231. The second-order valence-electron chi connectivity index (χ2n) is 8.14. The van der Waals surface area contributed by atoms with Crippen molar-refractivity contribution in [1.29, 1.82) is 0 Å². The molecule has 32 heavy (non-hydrogen) atoms. The molecule has 0 unspecified atom stereocenters. The molecule has 6 heteroatoms. The van der Waals surface area contributed by atoms with Gasteiger partial charge in [0.2, 0.25) is 0 Å². The Morgan fingerprint density at radius 2 is 1.78 bits per heavy atom. The predicted octanol–water partition coefficient (Wildman–Crippen LogP) is 7.13. The van der Waals surface area contributed by atoms with Gasteiger partial charge in [0.25, 0.3) is 0 Å². The van der Waals surface area contributed by atoms with Crippen molar-refractivity contribution in [2.24, 2.45) is 0 Å². The van der Waals surface area contributed by atoms with Crippen LogP contribution >= 0.6 is 11.3 Å². The second-order valence-corrected chi connectivity index (χ2v) is 9.17.